The van der Waals surface area contributed by atoms with E-state index >= 15 is 0 Å². The summed E-state index contributed by atoms with van der Waals surface area (Å²) in [6.07, 6.45) is 12.1. The molecule has 3 heteroatoms. The SMILES string of the molecule is CC(C)C(=O)NC[C@@H](C)[C@H]1CC[C@H]2[C@@H]3CC=C4C[C@@H](O)CC[C@]4(C)[C@H]3CC[C@]12C. The number of fused-ring (bicyclic) bond motifs is 5. The molecule has 4 aliphatic carbocycles. The van der Waals surface area contributed by atoms with E-state index in [-0.39, 0.29) is 17.9 Å². The van der Waals surface area contributed by atoms with Crippen LogP contribution in [0.15, 0.2) is 11.6 Å². The van der Waals surface area contributed by atoms with Crippen LogP contribution >= 0.6 is 0 Å². The Bertz CT molecular complexity index is 670. The van der Waals surface area contributed by atoms with Crippen LogP contribution in [-0.2, 0) is 4.79 Å². The first-order valence-corrected chi connectivity index (χ1v) is 12.3. The number of nitrogens with one attached hydrogen (secondary N) is 1. The number of aliphatic hydroxyl groups excluding tert-OH is 1. The third kappa shape index (κ3) is 3.50. The van der Waals surface area contributed by atoms with E-state index in [4.69, 9.17) is 0 Å². The molecule has 0 heterocycles. The Morgan fingerprint density at radius 3 is 2.62 bits per heavy atom. The quantitative estimate of drug-likeness (QED) is 0.625. The van der Waals surface area contributed by atoms with E-state index in [2.05, 4.69) is 32.2 Å². The molecule has 164 valence electrons. The molecule has 0 aliphatic heterocycles. The fourth-order valence-corrected chi connectivity index (χ4v) is 8.22. The van der Waals surface area contributed by atoms with Gasteiger partial charge >= 0.3 is 0 Å². The van der Waals surface area contributed by atoms with E-state index in [0.717, 1.165) is 43.1 Å². The minimum absolute atomic E-state index is 0.0718. The number of hydrogen-bond donors (Lipinski definition) is 2. The average Bonchev–Trinajstić information content (AvgIpc) is 3.03. The van der Waals surface area contributed by atoms with Gasteiger partial charge < -0.3 is 10.4 Å². The zero-order chi connectivity index (χ0) is 21.0. The number of rotatable bonds is 4. The van der Waals surface area contributed by atoms with Gasteiger partial charge in [0.25, 0.3) is 0 Å². The molecule has 0 aromatic rings. The van der Waals surface area contributed by atoms with Crippen molar-refractivity contribution in [2.24, 2.45) is 46.3 Å². The van der Waals surface area contributed by atoms with Gasteiger partial charge in [0.15, 0.2) is 0 Å². The molecule has 0 bridgehead atoms. The fraction of sp³-hybridized carbons (Fsp3) is 0.885. The molecular weight excluding hydrogens is 358 g/mol. The van der Waals surface area contributed by atoms with Crippen LogP contribution in [0.25, 0.3) is 0 Å². The monoisotopic (exact) mass is 401 g/mol. The highest BCUT2D eigenvalue weighted by molar-refractivity contribution is 5.77. The summed E-state index contributed by atoms with van der Waals surface area (Å²) in [5.74, 6) is 4.01. The van der Waals surface area contributed by atoms with Gasteiger partial charge in [-0.2, -0.15) is 0 Å². The van der Waals surface area contributed by atoms with Crippen molar-refractivity contribution in [3.05, 3.63) is 11.6 Å². The second-order valence-corrected chi connectivity index (χ2v) is 11.8. The van der Waals surface area contributed by atoms with Crippen LogP contribution in [0.4, 0.5) is 0 Å². The van der Waals surface area contributed by atoms with Crippen LogP contribution in [0, 0.1) is 46.3 Å². The minimum atomic E-state index is -0.113. The standard InChI is InChI=1S/C26H43NO2/c1-16(2)24(29)27-15-17(3)21-8-9-22-20-7-6-18-14-19(28)10-12-25(18,4)23(20)11-13-26(21,22)5/h6,16-17,19-23,28H,7-15H2,1-5H3,(H,27,29)/t17-,19+,20+,21-,22+,23+,25+,26-/m1/s1. The summed E-state index contributed by atoms with van der Waals surface area (Å²) < 4.78 is 0. The molecule has 4 aliphatic rings. The van der Waals surface area contributed by atoms with E-state index < -0.39 is 0 Å². The van der Waals surface area contributed by atoms with Gasteiger partial charge in [-0.1, -0.05) is 46.3 Å². The van der Waals surface area contributed by atoms with Gasteiger partial charge in [0, 0.05) is 12.5 Å². The summed E-state index contributed by atoms with van der Waals surface area (Å²) in [5, 5.41) is 13.4. The van der Waals surface area contributed by atoms with Crippen LogP contribution < -0.4 is 5.32 Å². The highest BCUT2D eigenvalue weighted by Gasteiger charge is 2.59. The van der Waals surface area contributed by atoms with Gasteiger partial charge in [0.2, 0.25) is 5.91 Å². The largest absolute Gasteiger partial charge is 0.393 e. The number of carbonyl (C=O) groups excluding carboxylic acids is 1. The summed E-state index contributed by atoms with van der Waals surface area (Å²) in [5.41, 5.74) is 2.33. The summed E-state index contributed by atoms with van der Waals surface area (Å²) in [6.45, 7) is 12.2. The number of amides is 1. The van der Waals surface area contributed by atoms with Crippen LogP contribution in [0.5, 0.6) is 0 Å². The number of allylic oxidation sites excluding steroid dienone is 1. The molecule has 2 N–H and O–H groups in total. The second kappa shape index (κ2) is 7.70. The smallest absolute Gasteiger partial charge is 0.222 e. The summed E-state index contributed by atoms with van der Waals surface area (Å²) >= 11 is 0. The van der Waals surface area contributed by atoms with Crippen molar-refractivity contribution in [2.45, 2.75) is 92.1 Å². The lowest BCUT2D eigenvalue weighted by Gasteiger charge is -2.58. The maximum atomic E-state index is 12.1. The van der Waals surface area contributed by atoms with E-state index in [1.54, 1.807) is 5.57 Å². The average molecular weight is 402 g/mol. The molecule has 0 radical (unpaired) electrons. The van der Waals surface area contributed by atoms with Crippen LogP contribution in [0.2, 0.25) is 0 Å². The normalized spacial score (nSPS) is 45.1. The Kier molecular flexibility index (Phi) is 5.68. The number of hydrogen-bond acceptors (Lipinski definition) is 2. The molecule has 0 unspecified atom stereocenters. The van der Waals surface area contributed by atoms with E-state index in [0.29, 0.717) is 16.7 Å². The van der Waals surface area contributed by atoms with Gasteiger partial charge in [0.05, 0.1) is 6.10 Å². The molecule has 8 atom stereocenters. The Hall–Kier alpha value is -0.830. The summed E-state index contributed by atoms with van der Waals surface area (Å²) in [6, 6.07) is 0. The molecule has 0 aromatic heterocycles. The number of carbonyl (C=O) groups is 1. The Balaban J connectivity index is 1.49. The topological polar surface area (TPSA) is 49.3 Å². The zero-order valence-electron chi connectivity index (χ0n) is 19.3. The Morgan fingerprint density at radius 1 is 1.14 bits per heavy atom. The molecule has 3 nitrogen and oxygen atoms in total. The fourth-order valence-electron chi connectivity index (χ4n) is 8.22. The molecule has 0 saturated heterocycles. The van der Waals surface area contributed by atoms with Crippen molar-refractivity contribution < 1.29 is 9.90 Å². The lowest BCUT2D eigenvalue weighted by atomic mass is 9.47. The van der Waals surface area contributed by atoms with Gasteiger partial charge in [-0.15, -0.1) is 0 Å². The molecule has 29 heavy (non-hydrogen) atoms. The molecule has 3 saturated carbocycles. The summed E-state index contributed by atoms with van der Waals surface area (Å²) in [4.78, 5) is 12.1. The molecule has 3 fully saturated rings. The maximum absolute atomic E-state index is 12.1. The third-order valence-corrected chi connectivity index (χ3v) is 9.96. The van der Waals surface area contributed by atoms with Gasteiger partial charge in [-0.3, -0.25) is 4.79 Å². The van der Waals surface area contributed by atoms with E-state index in [9.17, 15) is 9.90 Å². The second-order valence-electron chi connectivity index (χ2n) is 11.8. The molecule has 4 rings (SSSR count). The first-order chi connectivity index (χ1) is 13.7. The van der Waals surface area contributed by atoms with Crippen molar-refractivity contribution in [2.75, 3.05) is 6.54 Å². The van der Waals surface area contributed by atoms with Gasteiger partial charge in [-0.25, -0.2) is 0 Å². The summed E-state index contributed by atoms with van der Waals surface area (Å²) in [7, 11) is 0. The van der Waals surface area contributed by atoms with E-state index in [1.807, 2.05) is 13.8 Å². The van der Waals surface area contributed by atoms with Crippen molar-refractivity contribution in [1.29, 1.82) is 0 Å². The molecule has 0 aromatic carbocycles. The molecule has 0 spiro atoms. The molecule has 1 amide bonds. The zero-order valence-corrected chi connectivity index (χ0v) is 19.3. The third-order valence-electron chi connectivity index (χ3n) is 9.96. The van der Waals surface area contributed by atoms with Gasteiger partial charge in [0.1, 0.15) is 0 Å². The van der Waals surface area contributed by atoms with Crippen molar-refractivity contribution in [3.8, 4) is 0 Å². The lowest BCUT2D eigenvalue weighted by Crippen LogP contribution is -2.51. The Morgan fingerprint density at radius 2 is 1.90 bits per heavy atom. The predicted molar refractivity (Wildman–Crippen MR) is 118 cm³/mol. The minimum Gasteiger partial charge on any atom is -0.393 e. The van der Waals surface area contributed by atoms with E-state index in [1.165, 1.54) is 38.5 Å². The highest BCUT2D eigenvalue weighted by Crippen LogP contribution is 2.67. The lowest BCUT2D eigenvalue weighted by molar-refractivity contribution is -0.124. The first-order valence-electron chi connectivity index (χ1n) is 12.3. The van der Waals surface area contributed by atoms with Gasteiger partial charge in [-0.05, 0) is 91.8 Å². The predicted octanol–water partition coefficient (Wildman–Crippen LogP) is 5.33. The highest BCUT2D eigenvalue weighted by atomic mass is 16.3. The maximum Gasteiger partial charge on any atom is 0.222 e. The number of aliphatic hydroxyl groups is 1. The van der Waals surface area contributed by atoms with Crippen molar-refractivity contribution in [1.82, 2.24) is 5.32 Å². The van der Waals surface area contributed by atoms with Crippen LogP contribution in [0.3, 0.4) is 0 Å². The van der Waals surface area contributed by atoms with Crippen molar-refractivity contribution in [3.63, 3.8) is 0 Å². The molecular formula is C26H43NO2. The Labute approximate surface area is 178 Å². The van der Waals surface area contributed by atoms with Crippen molar-refractivity contribution >= 4 is 5.91 Å². The van der Waals surface area contributed by atoms with Crippen LogP contribution in [-0.4, -0.2) is 23.7 Å². The van der Waals surface area contributed by atoms with Crippen LogP contribution in [0.1, 0.15) is 86.0 Å². The first kappa shape index (κ1) is 21.4.